The number of amides is 2. The maximum atomic E-state index is 13.6. The first-order valence-electron chi connectivity index (χ1n) is 15.3. The molecule has 2 heterocycles. The zero-order valence-electron chi connectivity index (χ0n) is 25.9. The molecule has 3 N–H and O–H groups in total. The Balaban J connectivity index is 1.32. The van der Waals surface area contributed by atoms with E-state index in [0.717, 1.165) is 54.0 Å². The molecule has 3 aromatic carbocycles. The molecular formula is C36H41N5O3. The second-order valence-electron chi connectivity index (χ2n) is 12.6. The Morgan fingerprint density at radius 3 is 2.20 bits per heavy atom. The molecule has 1 atom stereocenters. The number of Topliss-reactive ketones (excluding diaryl/α,β-unsaturated/α-hetero) is 2. The van der Waals surface area contributed by atoms with E-state index in [9.17, 15) is 14.4 Å². The number of ketones is 2. The van der Waals surface area contributed by atoms with Gasteiger partial charge in [-0.25, -0.2) is 9.48 Å². The predicted molar refractivity (Wildman–Crippen MR) is 175 cm³/mol. The monoisotopic (exact) mass is 591 g/mol. The van der Waals surface area contributed by atoms with E-state index in [2.05, 4.69) is 36.7 Å². The molecule has 0 radical (unpaired) electrons. The van der Waals surface area contributed by atoms with Crippen LogP contribution in [0.2, 0.25) is 0 Å². The summed E-state index contributed by atoms with van der Waals surface area (Å²) >= 11 is 0. The molecule has 0 saturated carbocycles. The maximum absolute atomic E-state index is 13.6. The van der Waals surface area contributed by atoms with Crippen LogP contribution in [-0.4, -0.2) is 40.5 Å². The molecule has 5 rings (SSSR count). The van der Waals surface area contributed by atoms with Crippen molar-refractivity contribution in [3.8, 4) is 5.69 Å². The Morgan fingerprint density at radius 2 is 1.57 bits per heavy atom. The molecule has 4 aromatic rings. The van der Waals surface area contributed by atoms with Gasteiger partial charge >= 0.3 is 6.03 Å². The zero-order chi connectivity index (χ0) is 31.3. The van der Waals surface area contributed by atoms with E-state index in [1.807, 2.05) is 79.7 Å². The second-order valence-corrected chi connectivity index (χ2v) is 12.6. The molecule has 1 saturated heterocycles. The van der Waals surface area contributed by atoms with Crippen LogP contribution in [0.4, 0.5) is 16.3 Å². The summed E-state index contributed by atoms with van der Waals surface area (Å²) in [4.78, 5) is 39.9. The van der Waals surface area contributed by atoms with Gasteiger partial charge in [-0.3, -0.25) is 14.9 Å². The van der Waals surface area contributed by atoms with Gasteiger partial charge in [0.1, 0.15) is 5.82 Å². The highest BCUT2D eigenvalue weighted by Gasteiger charge is 2.34. The third kappa shape index (κ3) is 7.50. The third-order valence-corrected chi connectivity index (χ3v) is 8.15. The maximum Gasteiger partial charge on any atom is 0.324 e. The molecule has 0 aliphatic carbocycles. The summed E-state index contributed by atoms with van der Waals surface area (Å²) in [5, 5.41) is 14.0. The van der Waals surface area contributed by atoms with Crippen LogP contribution in [0.25, 0.3) is 5.69 Å². The summed E-state index contributed by atoms with van der Waals surface area (Å²) in [7, 11) is 0. The van der Waals surface area contributed by atoms with E-state index in [4.69, 9.17) is 5.10 Å². The van der Waals surface area contributed by atoms with Gasteiger partial charge in [-0.2, -0.15) is 5.10 Å². The summed E-state index contributed by atoms with van der Waals surface area (Å²) < 4.78 is 1.74. The third-order valence-electron chi connectivity index (χ3n) is 8.15. The number of benzene rings is 3. The van der Waals surface area contributed by atoms with Gasteiger partial charge in [0.05, 0.1) is 17.3 Å². The topological polar surface area (TPSA) is 105 Å². The number of hydrogen-bond donors (Lipinski definition) is 3. The van der Waals surface area contributed by atoms with Crippen molar-refractivity contribution in [3.05, 3.63) is 107 Å². The van der Waals surface area contributed by atoms with E-state index in [1.54, 1.807) is 16.8 Å². The van der Waals surface area contributed by atoms with Crippen LogP contribution in [-0.2, 0) is 21.4 Å². The van der Waals surface area contributed by atoms with Crippen LogP contribution in [0.15, 0.2) is 84.9 Å². The minimum absolute atomic E-state index is 0.0738. The molecule has 8 nitrogen and oxygen atoms in total. The Labute approximate surface area is 259 Å². The Hall–Kier alpha value is -4.56. The van der Waals surface area contributed by atoms with Crippen molar-refractivity contribution in [2.24, 2.45) is 5.92 Å². The average Bonchev–Trinajstić information content (AvgIpc) is 3.44. The van der Waals surface area contributed by atoms with Crippen molar-refractivity contribution < 1.29 is 14.4 Å². The minimum atomic E-state index is -0.518. The van der Waals surface area contributed by atoms with Crippen molar-refractivity contribution in [1.82, 2.24) is 15.1 Å². The van der Waals surface area contributed by atoms with Crippen molar-refractivity contribution in [2.75, 3.05) is 23.7 Å². The van der Waals surface area contributed by atoms with Crippen molar-refractivity contribution in [2.45, 2.75) is 58.3 Å². The summed E-state index contributed by atoms with van der Waals surface area (Å²) in [6.45, 7) is 9.90. The van der Waals surface area contributed by atoms with Gasteiger partial charge in [-0.1, -0.05) is 80.9 Å². The Bertz CT molecular complexity index is 1600. The molecule has 1 aromatic heterocycles. The highest BCUT2D eigenvalue weighted by atomic mass is 16.2. The number of hydrogen-bond acceptors (Lipinski definition) is 5. The lowest BCUT2D eigenvalue weighted by atomic mass is 9.76. The van der Waals surface area contributed by atoms with Gasteiger partial charge in [0, 0.05) is 23.6 Å². The highest BCUT2D eigenvalue weighted by molar-refractivity contribution is 6.39. The van der Waals surface area contributed by atoms with Gasteiger partial charge in [0.2, 0.25) is 11.6 Å². The molecule has 1 unspecified atom stereocenters. The van der Waals surface area contributed by atoms with Crippen LogP contribution in [0, 0.1) is 12.8 Å². The molecule has 8 heteroatoms. The molecule has 44 heavy (non-hydrogen) atoms. The lowest BCUT2D eigenvalue weighted by Crippen LogP contribution is -2.36. The number of anilines is 2. The van der Waals surface area contributed by atoms with Gasteiger partial charge in [-0.05, 0) is 74.2 Å². The highest BCUT2D eigenvalue weighted by Crippen LogP contribution is 2.33. The average molecular weight is 592 g/mol. The number of carbonyl (C=O) groups is 3. The number of rotatable bonds is 9. The smallest absolute Gasteiger partial charge is 0.317 e. The van der Waals surface area contributed by atoms with E-state index in [1.165, 1.54) is 0 Å². The molecule has 1 aliphatic heterocycles. The standard InChI is InChI=1S/C36H41N5O3/c1-24-10-16-29(17-11-24)41-32(23-31(40-41)36(2,3)4)39-35(44)38-28-14-12-26(13-15-28)33(27-18-20-37-21-19-27)34(43)30(42)22-25-8-6-5-7-9-25/h5-17,23,27,33,37H,18-22H2,1-4H3,(H2,38,39,44). The first-order chi connectivity index (χ1) is 21.1. The molecule has 1 fully saturated rings. The fourth-order valence-electron chi connectivity index (χ4n) is 5.63. The van der Waals surface area contributed by atoms with Crippen LogP contribution in [0.1, 0.15) is 61.9 Å². The number of urea groups is 1. The first kappa shape index (κ1) is 30.9. The van der Waals surface area contributed by atoms with Crippen LogP contribution >= 0.6 is 0 Å². The molecule has 0 bridgehead atoms. The van der Waals surface area contributed by atoms with Gasteiger partial charge in [0.25, 0.3) is 0 Å². The number of piperidine rings is 1. The Morgan fingerprint density at radius 1 is 0.909 bits per heavy atom. The summed E-state index contributed by atoms with van der Waals surface area (Å²) in [6.07, 6.45) is 1.74. The summed E-state index contributed by atoms with van der Waals surface area (Å²) in [5.74, 6) is -0.610. The van der Waals surface area contributed by atoms with Gasteiger partial charge in [0.15, 0.2) is 0 Å². The van der Waals surface area contributed by atoms with E-state index in [0.29, 0.717) is 11.5 Å². The lowest BCUT2D eigenvalue weighted by molar-refractivity contribution is -0.138. The number of aryl methyl sites for hydroxylation is 1. The predicted octanol–water partition coefficient (Wildman–Crippen LogP) is 6.59. The molecule has 1 aliphatic rings. The molecule has 2 amide bonds. The largest absolute Gasteiger partial charge is 0.324 e. The van der Waals surface area contributed by atoms with E-state index < -0.39 is 11.9 Å². The first-order valence-corrected chi connectivity index (χ1v) is 15.3. The van der Waals surface area contributed by atoms with Crippen molar-refractivity contribution in [3.63, 3.8) is 0 Å². The van der Waals surface area contributed by atoms with E-state index >= 15 is 0 Å². The lowest BCUT2D eigenvalue weighted by Gasteiger charge is -2.30. The molecule has 228 valence electrons. The molecular weight excluding hydrogens is 550 g/mol. The normalized spacial score (nSPS) is 14.5. The van der Waals surface area contributed by atoms with Crippen molar-refractivity contribution >= 4 is 29.1 Å². The Kier molecular flexibility index (Phi) is 9.40. The zero-order valence-corrected chi connectivity index (χ0v) is 25.9. The van der Waals surface area contributed by atoms with Crippen molar-refractivity contribution in [1.29, 1.82) is 0 Å². The fourth-order valence-corrected chi connectivity index (χ4v) is 5.63. The minimum Gasteiger partial charge on any atom is -0.317 e. The summed E-state index contributed by atoms with van der Waals surface area (Å²) in [5.41, 5.74) is 4.84. The summed E-state index contributed by atoms with van der Waals surface area (Å²) in [6, 6.07) is 26.1. The van der Waals surface area contributed by atoms with E-state index in [-0.39, 0.29) is 29.3 Å². The molecule has 0 spiro atoms. The van der Waals surface area contributed by atoms with Crippen LogP contribution in [0.3, 0.4) is 0 Å². The number of carbonyl (C=O) groups excluding carboxylic acids is 3. The van der Waals surface area contributed by atoms with Gasteiger partial charge < -0.3 is 10.6 Å². The second kappa shape index (κ2) is 13.4. The number of aromatic nitrogens is 2. The number of nitrogens with one attached hydrogen (secondary N) is 3. The fraction of sp³-hybridized carbons (Fsp3) is 0.333. The van der Waals surface area contributed by atoms with Gasteiger partial charge in [-0.15, -0.1) is 0 Å². The quantitative estimate of drug-likeness (QED) is 0.191. The van der Waals surface area contributed by atoms with Crippen LogP contribution in [0.5, 0.6) is 0 Å². The van der Waals surface area contributed by atoms with Crippen LogP contribution < -0.4 is 16.0 Å². The number of nitrogens with zero attached hydrogens (tertiary/aromatic N) is 2. The SMILES string of the molecule is Cc1ccc(-n2nc(C(C)(C)C)cc2NC(=O)Nc2ccc(C(C(=O)C(=O)Cc3ccccc3)C3CCNCC3)cc2)cc1.